The summed E-state index contributed by atoms with van der Waals surface area (Å²) in [6, 6.07) is 4.05. The summed E-state index contributed by atoms with van der Waals surface area (Å²) in [6.45, 7) is 3.26. The summed E-state index contributed by atoms with van der Waals surface area (Å²) in [7, 11) is 0. The maximum atomic E-state index is 12.7. The first-order chi connectivity index (χ1) is 13.3. The minimum Gasteiger partial charge on any atom is -0.350 e. The molecule has 4 rings (SSSR count). The van der Waals surface area contributed by atoms with E-state index in [4.69, 9.17) is 0 Å². The van der Waals surface area contributed by atoms with E-state index in [9.17, 15) is 4.79 Å². The smallest absolute Gasteiger partial charge is 0.270 e. The normalized spacial score (nSPS) is 18.1. The lowest BCUT2D eigenvalue weighted by molar-refractivity contribution is 0.0935. The molecular weight excluding hydrogens is 338 g/mol. The Bertz CT molecular complexity index is 773. The molecule has 142 valence electrons. The van der Waals surface area contributed by atoms with Crippen LogP contribution in [-0.4, -0.2) is 38.8 Å². The van der Waals surface area contributed by atoms with Crippen molar-refractivity contribution >= 4 is 5.91 Å². The van der Waals surface area contributed by atoms with Crippen LogP contribution in [0.1, 0.15) is 59.4 Å². The first kappa shape index (κ1) is 18.0. The predicted molar refractivity (Wildman–Crippen MR) is 103 cm³/mol. The van der Waals surface area contributed by atoms with E-state index in [0.29, 0.717) is 11.6 Å². The van der Waals surface area contributed by atoms with E-state index in [1.54, 1.807) is 6.20 Å². The van der Waals surface area contributed by atoms with Gasteiger partial charge in [-0.15, -0.1) is 0 Å². The van der Waals surface area contributed by atoms with Crippen LogP contribution in [0.4, 0.5) is 0 Å². The van der Waals surface area contributed by atoms with Crippen LogP contribution in [0.5, 0.6) is 0 Å². The number of hydrogen-bond acceptors (Lipinski definition) is 5. The Morgan fingerprint density at radius 2 is 2.11 bits per heavy atom. The number of nitrogens with one attached hydrogen (secondary N) is 1. The molecule has 1 aliphatic heterocycles. The molecule has 0 spiro atoms. The molecule has 3 heterocycles. The highest BCUT2D eigenvalue weighted by molar-refractivity contribution is 5.93. The molecule has 27 heavy (non-hydrogen) atoms. The van der Waals surface area contributed by atoms with Gasteiger partial charge in [-0.3, -0.25) is 14.7 Å². The molecule has 1 fully saturated rings. The second-order valence-electron chi connectivity index (χ2n) is 7.68. The summed E-state index contributed by atoms with van der Waals surface area (Å²) in [5, 5.41) is 3.12. The van der Waals surface area contributed by atoms with Gasteiger partial charge in [0.2, 0.25) is 0 Å². The molecule has 6 nitrogen and oxygen atoms in total. The zero-order chi connectivity index (χ0) is 18.5. The van der Waals surface area contributed by atoms with Crippen LogP contribution in [0.25, 0.3) is 0 Å². The van der Waals surface area contributed by atoms with Crippen molar-refractivity contribution in [2.45, 2.75) is 51.6 Å². The molecule has 1 aliphatic carbocycles. The second-order valence-corrected chi connectivity index (χ2v) is 7.68. The number of fused-ring (bicyclic) bond motifs is 1. The molecule has 1 saturated carbocycles. The van der Waals surface area contributed by atoms with Gasteiger partial charge in [0.25, 0.3) is 5.91 Å². The highest BCUT2D eigenvalue weighted by Crippen LogP contribution is 2.24. The molecule has 0 radical (unpaired) electrons. The third-order valence-corrected chi connectivity index (χ3v) is 5.71. The molecule has 2 aromatic heterocycles. The standard InChI is InChI=1S/C21H27N5O/c27-21(23-12-16-5-2-1-3-6-16)20-18-8-10-26(14-19(18)24-15-25-20)13-17-7-4-9-22-11-17/h4,7,9,11,15-16H,1-3,5-6,8,10,12-14H2,(H,23,27). The summed E-state index contributed by atoms with van der Waals surface area (Å²) in [5.74, 6) is 0.579. The van der Waals surface area contributed by atoms with Gasteiger partial charge in [0.15, 0.2) is 0 Å². The van der Waals surface area contributed by atoms with Crippen molar-refractivity contribution in [3.8, 4) is 0 Å². The number of amides is 1. The van der Waals surface area contributed by atoms with Crippen molar-refractivity contribution in [2.75, 3.05) is 13.1 Å². The molecular formula is C21H27N5O. The fourth-order valence-corrected chi connectivity index (χ4v) is 4.20. The Morgan fingerprint density at radius 3 is 2.93 bits per heavy atom. The largest absolute Gasteiger partial charge is 0.350 e. The summed E-state index contributed by atoms with van der Waals surface area (Å²) < 4.78 is 0. The van der Waals surface area contributed by atoms with Gasteiger partial charge in [0.05, 0.1) is 5.69 Å². The molecule has 2 aliphatic rings. The number of nitrogens with zero attached hydrogens (tertiary/aromatic N) is 4. The summed E-state index contributed by atoms with van der Waals surface area (Å²) in [6.07, 6.45) is 12.4. The fourth-order valence-electron chi connectivity index (χ4n) is 4.20. The third-order valence-electron chi connectivity index (χ3n) is 5.71. The van der Waals surface area contributed by atoms with Gasteiger partial charge in [0.1, 0.15) is 12.0 Å². The van der Waals surface area contributed by atoms with Crippen LogP contribution in [0, 0.1) is 5.92 Å². The summed E-state index contributed by atoms with van der Waals surface area (Å²) in [5.41, 5.74) is 3.75. The molecule has 0 saturated heterocycles. The number of hydrogen-bond donors (Lipinski definition) is 1. The van der Waals surface area contributed by atoms with Crippen molar-refractivity contribution in [1.82, 2.24) is 25.2 Å². The second kappa shape index (κ2) is 8.57. The van der Waals surface area contributed by atoms with Gasteiger partial charge in [0, 0.05) is 44.1 Å². The van der Waals surface area contributed by atoms with Gasteiger partial charge in [-0.2, -0.15) is 0 Å². The van der Waals surface area contributed by atoms with E-state index in [2.05, 4.69) is 31.2 Å². The molecule has 0 unspecified atom stereocenters. The molecule has 2 aromatic rings. The molecule has 0 aromatic carbocycles. The quantitative estimate of drug-likeness (QED) is 0.882. The van der Waals surface area contributed by atoms with Gasteiger partial charge in [-0.05, 0) is 36.8 Å². The Balaban J connectivity index is 1.40. The summed E-state index contributed by atoms with van der Waals surface area (Å²) >= 11 is 0. The highest BCUT2D eigenvalue weighted by Gasteiger charge is 2.24. The first-order valence-electron chi connectivity index (χ1n) is 10.0. The lowest BCUT2D eigenvalue weighted by Gasteiger charge is -2.28. The average Bonchev–Trinajstić information content (AvgIpc) is 2.73. The van der Waals surface area contributed by atoms with Gasteiger partial charge >= 0.3 is 0 Å². The zero-order valence-corrected chi connectivity index (χ0v) is 15.7. The number of rotatable bonds is 5. The van der Waals surface area contributed by atoms with Gasteiger partial charge < -0.3 is 5.32 Å². The molecule has 0 atom stereocenters. The van der Waals surface area contributed by atoms with Crippen molar-refractivity contribution in [3.05, 3.63) is 53.4 Å². The number of carbonyl (C=O) groups excluding carboxylic acids is 1. The van der Waals surface area contributed by atoms with Crippen molar-refractivity contribution in [1.29, 1.82) is 0 Å². The molecule has 1 N–H and O–H groups in total. The lowest BCUT2D eigenvalue weighted by atomic mass is 9.89. The Hall–Kier alpha value is -2.34. The zero-order valence-electron chi connectivity index (χ0n) is 15.7. The van der Waals surface area contributed by atoms with Crippen molar-refractivity contribution in [3.63, 3.8) is 0 Å². The van der Waals surface area contributed by atoms with E-state index >= 15 is 0 Å². The van der Waals surface area contributed by atoms with Crippen LogP contribution in [-0.2, 0) is 19.5 Å². The van der Waals surface area contributed by atoms with Crippen LogP contribution in [0.15, 0.2) is 30.9 Å². The minimum absolute atomic E-state index is 0.0417. The SMILES string of the molecule is O=C(NCC1CCCCC1)c1ncnc2c1CCN(Cc1cccnc1)C2. The highest BCUT2D eigenvalue weighted by atomic mass is 16.1. The molecule has 1 amide bonds. The summed E-state index contributed by atoms with van der Waals surface area (Å²) in [4.78, 5) is 28.0. The Morgan fingerprint density at radius 1 is 1.22 bits per heavy atom. The minimum atomic E-state index is -0.0417. The topological polar surface area (TPSA) is 71.0 Å². The maximum absolute atomic E-state index is 12.7. The molecule has 0 bridgehead atoms. The predicted octanol–water partition coefficient (Wildman–Crippen LogP) is 2.74. The Labute approximate surface area is 160 Å². The van der Waals surface area contributed by atoms with Crippen LogP contribution in [0.2, 0.25) is 0 Å². The number of aromatic nitrogens is 3. The lowest BCUT2D eigenvalue weighted by Crippen LogP contribution is -2.35. The molecule has 6 heteroatoms. The first-order valence-corrected chi connectivity index (χ1v) is 10.0. The Kier molecular flexibility index (Phi) is 5.72. The van der Waals surface area contributed by atoms with Crippen molar-refractivity contribution < 1.29 is 4.79 Å². The fraction of sp³-hybridized carbons (Fsp3) is 0.524. The van der Waals surface area contributed by atoms with E-state index in [1.807, 2.05) is 12.3 Å². The van der Waals surface area contributed by atoms with Crippen LogP contribution >= 0.6 is 0 Å². The average molecular weight is 365 g/mol. The van der Waals surface area contributed by atoms with E-state index in [0.717, 1.165) is 43.9 Å². The van der Waals surface area contributed by atoms with Crippen LogP contribution < -0.4 is 5.32 Å². The van der Waals surface area contributed by atoms with Gasteiger partial charge in [-0.1, -0.05) is 25.3 Å². The van der Waals surface area contributed by atoms with Gasteiger partial charge in [-0.25, -0.2) is 9.97 Å². The number of carbonyl (C=O) groups is 1. The monoisotopic (exact) mass is 365 g/mol. The van der Waals surface area contributed by atoms with E-state index < -0.39 is 0 Å². The van der Waals surface area contributed by atoms with Crippen LogP contribution in [0.3, 0.4) is 0 Å². The van der Waals surface area contributed by atoms with E-state index in [-0.39, 0.29) is 5.91 Å². The third kappa shape index (κ3) is 4.50. The maximum Gasteiger partial charge on any atom is 0.270 e. The van der Waals surface area contributed by atoms with E-state index in [1.165, 1.54) is 44.0 Å². The number of pyridine rings is 1. The van der Waals surface area contributed by atoms with Crippen molar-refractivity contribution in [2.24, 2.45) is 5.92 Å².